The summed E-state index contributed by atoms with van der Waals surface area (Å²) in [4.78, 5) is 14.5. The lowest BCUT2D eigenvalue weighted by molar-refractivity contribution is -0.144. The minimum atomic E-state index is -4.65. The molecule has 0 atom stereocenters. The molecule has 0 aliphatic heterocycles. The summed E-state index contributed by atoms with van der Waals surface area (Å²) in [6, 6.07) is 2.86. The number of aryl methyl sites for hydroxylation is 1. The average molecular weight is 304 g/mol. The van der Waals surface area contributed by atoms with Gasteiger partial charge in [-0.25, -0.2) is 19.9 Å². The molecule has 2 heterocycles. The Morgan fingerprint density at radius 2 is 2.00 bits per heavy atom. The van der Waals surface area contributed by atoms with E-state index in [9.17, 15) is 13.2 Å². The molecule has 20 heavy (non-hydrogen) atoms. The summed E-state index contributed by atoms with van der Waals surface area (Å²) >= 11 is 5.55. The summed E-state index contributed by atoms with van der Waals surface area (Å²) < 4.78 is 37.6. The van der Waals surface area contributed by atoms with E-state index >= 15 is 0 Å². The van der Waals surface area contributed by atoms with Gasteiger partial charge in [0.15, 0.2) is 0 Å². The van der Waals surface area contributed by atoms with Crippen molar-refractivity contribution in [2.75, 3.05) is 5.32 Å². The zero-order chi connectivity index (χ0) is 14.8. The fourth-order valence-electron chi connectivity index (χ4n) is 1.42. The van der Waals surface area contributed by atoms with E-state index in [4.69, 9.17) is 11.6 Å². The zero-order valence-electron chi connectivity index (χ0n) is 10.2. The molecule has 0 saturated heterocycles. The molecule has 0 aliphatic carbocycles. The van der Waals surface area contributed by atoms with Crippen LogP contribution >= 0.6 is 11.6 Å². The maximum absolute atomic E-state index is 12.5. The van der Waals surface area contributed by atoms with Crippen LogP contribution < -0.4 is 5.32 Å². The van der Waals surface area contributed by atoms with Crippen LogP contribution in [0.4, 0.5) is 19.0 Å². The van der Waals surface area contributed by atoms with E-state index in [1.54, 1.807) is 19.2 Å². The van der Waals surface area contributed by atoms with Crippen molar-refractivity contribution in [3.8, 4) is 0 Å². The van der Waals surface area contributed by atoms with Crippen molar-refractivity contribution in [1.29, 1.82) is 0 Å². The minimum absolute atomic E-state index is 0.0198. The lowest BCUT2D eigenvalue weighted by Gasteiger charge is -2.09. The van der Waals surface area contributed by atoms with Crippen LogP contribution in [0.5, 0.6) is 0 Å². The molecule has 0 spiro atoms. The number of anilines is 1. The highest BCUT2D eigenvalue weighted by Gasteiger charge is 2.35. The first kappa shape index (κ1) is 14.4. The topological polar surface area (TPSA) is 63.6 Å². The second-order valence-corrected chi connectivity index (χ2v) is 4.23. The third-order valence-electron chi connectivity index (χ3n) is 2.23. The molecule has 106 valence electrons. The molecule has 2 rings (SSSR count). The van der Waals surface area contributed by atoms with E-state index in [0.717, 1.165) is 0 Å². The largest absolute Gasteiger partial charge is 0.451 e. The highest BCUT2D eigenvalue weighted by Crippen LogP contribution is 2.28. The first-order chi connectivity index (χ1) is 9.34. The van der Waals surface area contributed by atoms with Gasteiger partial charge in [0.25, 0.3) is 0 Å². The fraction of sp³-hybridized carbons (Fsp3) is 0.273. The molecule has 5 nitrogen and oxygen atoms in total. The van der Waals surface area contributed by atoms with Crippen LogP contribution in [-0.2, 0) is 12.7 Å². The van der Waals surface area contributed by atoms with E-state index in [2.05, 4.69) is 25.3 Å². The van der Waals surface area contributed by atoms with Crippen molar-refractivity contribution in [2.45, 2.75) is 19.6 Å². The van der Waals surface area contributed by atoms with E-state index < -0.39 is 12.0 Å². The molecule has 0 aliphatic rings. The van der Waals surface area contributed by atoms with Gasteiger partial charge in [-0.05, 0) is 13.0 Å². The number of nitrogens with one attached hydrogen (secondary N) is 1. The van der Waals surface area contributed by atoms with Crippen LogP contribution in [0.15, 0.2) is 18.3 Å². The van der Waals surface area contributed by atoms with Crippen molar-refractivity contribution in [3.63, 3.8) is 0 Å². The first-order valence-electron chi connectivity index (χ1n) is 5.49. The first-order valence-corrected chi connectivity index (χ1v) is 5.86. The van der Waals surface area contributed by atoms with Crippen LogP contribution in [-0.4, -0.2) is 19.9 Å². The quantitative estimate of drug-likeness (QED) is 0.883. The Kier molecular flexibility index (Phi) is 4.03. The maximum atomic E-state index is 12.5. The predicted molar refractivity (Wildman–Crippen MR) is 66.1 cm³/mol. The molecule has 2 aromatic heterocycles. The highest BCUT2D eigenvalue weighted by molar-refractivity contribution is 6.29. The van der Waals surface area contributed by atoms with Crippen molar-refractivity contribution in [2.24, 2.45) is 0 Å². The second kappa shape index (κ2) is 5.58. The molecule has 0 radical (unpaired) electrons. The van der Waals surface area contributed by atoms with E-state index in [0.29, 0.717) is 11.5 Å². The summed E-state index contributed by atoms with van der Waals surface area (Å²) in [5.41, 5.74) is 0.626. The monoisotopic (exact) mass is 303 g/mol. The zero-order valence-corrected chi connectivity index (χ0v) is 11.0. The Morgan fingerprint density at radius 1 is 1.25 bits per heavy atom. The Hall–Kier alpha value is -1.96. The van der Waals surface area contributed by atoms with Crippen molar-refractivity contribution in [1.82, 2.24) is 19.9 Å². The fourth-order valence-corrected chi connectivity index (χ4v) is 1.60. The van der Waals surface area contributed by atoms with Crippen molar-refractivity contribution in [3.05, 3.63) is 40.8 Å². The van der Waals surface area contributed by atoms with Gasteiger partial charge in [-0.1, -0.05) is 11.6 Å². The Bertz CT molecular complexity index is 617. The van der Waals surface area contributed by atoms with E-state index in [1.807, 2.05) is 0 Å². The number of nitrogens with zero attached hydrogens (tertiary/aromatic N) is 4. The van der Waals surface area contributed by atoms with Crippen LogP contribution in [0.25, 0.3) is 0 Å². The van der Waals surface area contributed by atoms with Gasteiger partial charge in [0.2, 0.25) is 5.82 Å². The third-order valence-corrected chi connectivity index (χ3v) is 2.43. The number of halogens is 4. The molecule has 0 amide bonds. The Balaban J connectivity index is 2.16. The van der Waals surface area contributed by atoms with Gasteiger partial charge >= 0.3 is 6.18 Å². The lowest BCUT2D eigenvalue weighted by Crippen LogP contribution is -2.13. The van der Waals surface area contributed by atoms with Crippen molar-refractivity contribution >= 4 is 17.4 Å². The maximum Gasteiger partial charge on any atom is 0.451 e. The number of hydrogen-bond donors (Lipinski definition) is 1. The summed E-state index contributed by atoms with van der Waals surface area (Å²) in [7, 11) is 0. The molecule has 0 fully saturated rings. The Labute approximate surface area is 117 Å². The van der Waals surface area contributed by atoms with Gasteiger partial charge in [-0.3, -0.25) is 0 Å². The smallest absolute Gasteiger partial charge is 0.364 e. The average Bonchev–Trinajstić information content (AvgIpc) is 2.35. The van der Waals surface area contributed by atoms with Gasteiger partial charge in [0.1, 0.15) is 16.8 Å². The molecule has 9 heteroatoms. The van der Waals surface area contributed by atoms with Crippen LogP contribution in [0, 0.1) is 6.92 Å². The summed E-state index contributed by atoms with van der Waals surface area (Å²) in [5.74, 6) is -0.735. The summed E-state index contributed by atoms with van der Waals surface area (Å²) in [5, 5.41) is 2.43. The van der Waals surface area contributed by atoms with Crippen LogP contribution in [0.2, 0.25) is 5.15 Å². The van der Waals surface area contributed by atoms with Crippen LogP contribution in [0.1, 0.15) is 17.3 Å². The number of rotatable bonds is 3. The minimum Gasteiger partial charge on any atom is -0.364 e. The van der Waals surface area contributed by atoms with Gasteiger partial charge in [0, 0.05) is 12.3 Å². The third kappa shape index (κ3) is 3.77. The molecule has 0 saturated carbocycles. The number of aromatic nitrogens is 4. The van der Waals surface area contributed by atoms with Gasteiger partial charge in [-0.2, -0.15) is 13.2 Å². The molecular weight excluding hydrogens is 295 g/mol. The van der Waals surface area contributed by atoms with Gasteiger partial charge < -0.3 is 5.32 Å². The molecule has 0 aromatic carbocycles. The Morgan fingerprint density at radius 3 is 2.65 bits per heavy atom. The molecule has 0 unspecified atom stereocenters. The standard InChI is InChI=1S/C11H9ClF3N5/c1-6-16-3-2-7(18-6)5-17-9-4-8(12)19-10(20-9)11(13,14)15/h2-4H,5H2,1H3,(H,17,19,20). The summed E-state index contributed by atoms with van der Waals surface area (Å²) in [6.45, 7) is 1.92. The van der Waals surface area contributed by atoms with Crippen molar-refractivity contribution < 1.29 is 13.2 Å². The van der Waals surface area contributed by atoms with Gasteiger partial charge in [-0.15, -0.1) is 0 Å². The van der Waals surface area contributed by atoms with E-state index in [-0.39, 0.29) is 17.5 Å². The molecule has 0 bridgehead atoms. The highest BCUT2D eigenvalue weighted by atomic mass is 35.5. The van der Waals surface area contributed by atoms with Crippen LogP contribution in [0.3, 0.4) is 0 Å². The van der Waals surface area contributed by atoms with E-state index in [1.165, 1.54) is 6.07 Å². The lowest BCUT2D eigenvalue weighted by atomic mass is 10.4. The predicted octanol–water partition coefficient (Wildman–Crippen LogP) is 2.86. The number of hydrogen-bond acceptors (Lipinski definition) is 5. The SMILES string of the molecule is Cc1nccc(CNc2cc(Cl)nc(C(F)(F)F)n2)n1. The summed E-state index contributed by atoms with van der Waals surface area (Å²) in [6.07, 6.45) is -3.08. The molecule has 1 N–H and O–H groups in total. The van der Waals surface area contributed by atoms with Gasteiger partial charge in [0.05, 0.1) is 12.2 Å². The number of alkyl halides is 3. The molecular formula is C11H9ClF3N5. The second-order valence-electron chi connectivity index (χ2n) is 3.85. The normalized spacial score (nSPS) is 11.4. The molecule has 2 aromatic rings.